The molecule has 2 N–H and O–H groups in total. The first-order valence-electron chi connectivity index (χ1n) is 6.14. The predicted molar refractivity (Wildman–Crippen MR) is 79.0 cm³/mol. The Morgan fingerprint density at radius 3 is 2.74 bits per heavy atom. The minimum atomic E-state index is -0.220. The molecule has 0 saturated heterocycles. The van der Waals surface area contributed by atoms with Crippen LogP contribution in [0.25, 0.3) is 10.1 Å². The first-order valence-corrected chi connectivity index (χ1v) is 7.02. The molecule has 2 aromatic carbocycles. The maximum absolute atomic E-state index is 13.2. The number of benzene rings is 2. The summed E-state index contributed by atoms with van der Waals surface area (Å²) in [6, 6.07) is 12.8. The van der Waals surface area contributed by atoms with Crippen LogP contribution >= 0.6 is 11.3 Å². The van der Waals surface area contributed by atoms with E-state index in [1.54, 1.807) is 17.4 Å². The van der Waals surface area contributed by atoms with Gasteiger partial charge in [-0.15, -0.1) is 11.3 Å². The second-order valence-corrected chi connectivity index (χ2v) is 5.58. The molecule has 96 valence electrons. The zero-order valence-electron chi connectivity index (χ0n) is 10.6. The molecule has 0 aliphatic rings. The van der Waals surface area contributed by atoms with Crippen molar-refractivity contribution >= 4 is 21.4 Å². The van der Waals surface area contributed by atoms with E-state index in [-0.39, 0.29) is 11.9 Å². The SMILES string of the molecule is Cc1cc(F)ccc1C(N)c1cccc2ccsc12. The molecule has 0 aliphatic heterocycles. The molecule has 1 nitrogen and oxygen atoms in total. The number of aryl methyl sites for hydroxylation is 1. The Labute approximate surface area is 115 Å². The van der Waals surface area contributed by atoms with Crippen molar-refractivity contribution in [1.29, 1.82) is 0 Å². The van der Waals surface area contributed by atoms with Crippen molar-refractivity contribution in [2.75, 3.05) is 0 Å². The van der Waals surface area contributed by atoms with Gasteiger partial charge in [0.25, 0.3) is 0 Å². The van der Waals surface area contributed by atoms with Crippen LogP contribution in [0.2, 0.25) is 0 Å². The molecule has 0 radical (unpaired) electrons. The van der Waals surface area contributed by atoms with Crippen LogP contribution in [0.15, 0.2) is 47.8 Å². The lowest BCUT2D eigenvalue weighted by Crippen LogP contribution is -2.13. The Kier molecular flexibility index (Phi) is 3.09. The van der Waals surface area contributed by atoms with E-state index in [2.05, 4.69) is 17.5 Å². The van der Waals surface area contributed by atoms with E-state index in [9.17, 15) is 4.39 Å². The molecule has 3 rings (SSSR count). The van der Waals surface area contributed by atoms with Crippen LogP contribution in [0, 0.1) is 12.7 Å². The van der Waals surface area contributed by atoms with Gasteiger partial charge in [0.15, 0.2) is 0 Å². The molecule has 0 fully saturated rings. The summed E-state index contributed by atoms with van der Waals surface area (Å²) in [6.45, 7) is 1.90. The van der Waals surface area contributed by atoms with E-state index in [1.807, 2.05) is 19.1 Å². The zero-order valence-corrected chi connectivity index (χ0v) is 11.4. The normalized spacial score (nSPS) is 12.8. The highest BCUT2D eigenvalue weighted by molar-refractivity contribution is 7.17. The summed E-state index contributed by atoms with van der Waals surface area (Å²) in [5.74, 6) is -0.220. The largest absolute Gasteiger partial charge is 0.320 e. The second-order valence-electron chi connectivity index (χ2n) is 4.66. The van der Waals surface area contributed by atoms with Crippen LogP contribution < -0.4 is 5.73 Å². The first-order chi connectivity index (χ1) is 9.16. The Bertz CT molecular complexity index is 732. The fourth-order valence-electron chi connectivity index (χ4n) is 2.42. The summed E-state index contributed by atoms with van der Waals surface area (Å²) < 4.78 is 14.4. The van der Waals surface area contributed by atoms with Crippen molar-refractivity contribution in [2.24, 2.45) is 5.73 Å². The lowest BCUT2D eigenvalue weighted by molar-refractivity contribution is 0.625. The number of hydrogen-bond donors (Lipinski definition) is 1. The average molecular weight is 271 g/mol. The van der Waals surface area contributed by atoms with Crippen LogP contribution in [-0.2, 0) is 0 Å². The van der Waals surface area contributed by atoms with Gasteiger partial charge in [-0.1, -0.05) is 24.3 Å². The molecule has 0 aliphatic carbocycles. The molecule has 1 unspecified atom stereocenters. The second kappa shape index (κ2) is 4.76. The Morgan fingerprint density at radius 1 is 1.11 bits per heavy atom. The van der Waals surface area contributed by atoms with Crippen LogP contribution in [0.4, 0.5) is 4.39 Å². The molecular formula is C16H14FNS. The molecule has 1 aromatic heterocycles. The topological polar surface area (TPSA) is 26.0 Å². The van der Waals surface area contributed by atoms with Gasteiger partial charge < -0.3 is 5.73 Å². The molecule has 19 heavy (non-hydrogen) atoms. The van der Waals surface area contributed by atoms with Gasteiger partial charge in [0.1, 0.15) is 5.82 Å². The molecule has 0 bridgehead atoms. The van der Waals surface area contributed by atoms with Crippen molar-refractivity contribution in [3.8, 4) is 0 Å². The van der Waals surface area contributed by atoms with Crippen LogP contribution in [0.1, 0.15) is 22.7 Å². The zero-order chi connectivity index (χ0) is 13.4. The smallest absolute Gasteiger partial charge is 0.123 e. The Hall–Kier alpha value is -1.71. The highest BCUT2D eigenvalue weighted by atomic mass is 32.1. The molecular weight excluding hydrogens is 257 g/mol. The maximum Gasteiger partial charge on any atom is 0.123 e. The third-order valence-corrected chi connectivity index (χ3v) is 4.39. The Morgan fingerprint density at radius 2 is 1.95 bits per heavy atom. The van der Waals surface area contributed by atoms with Crippen molar-refractivity contribution < 1.29 is 4.39 Å². The number of rotatable bonds is 2. The molecule has 0 saturated carbocycles. The molecule has 1 heterocycles. The van der Waals surface area contributed by atoms with Gasteiger partial charge in [-0.25, -0.2) is 4.39 Å². The minimum Gasteiger partial charge on any atom is -0.320 e. The van der Waals surface area contributed by atoms with E-state index < -0.39 is 0 Å². The first kappa shape index (κ1) is 12.3. The quantitative estimate of drug-likeness (QED) is 0.734. The van der Waals surface area contributed by atoms with Crippen LogP contribution in [-0.4, -0.2) is 0 Å². The maximum atomic E-state index is 13.2. The van der Waals surface area contributed by atoms with Crippen LogP contribution in [0.3, 0.4) is 0 Å². The number of halogens is 1. The highest BCUT2D eigenvalue weighted by Crippen LogP contribution is 2.32. The monoisotopic (exact) mass is 271 g/mol. The van der Waals surface area contributed by atoms with Gasteiger partial charge in [-0.05, 0) is 52.6 Å². The number of nitrogens with two attached hydrogens (primary N) is 1. The highest BCUT2D eigenvalue weighted by Gasteiger charge is 2.15. The standard InChI is InChI=1S/C16H14FNS/c1-10-9-12(17)5-6-13(10)15(18)14-4-2-3-11-7-8-19-16(11)14/h2-9,15H,18H2,1H3. The lowest BCUT2D eigenvalue weighted by Gasteiger charge is -2.16. The summed E-state index contributed by atoms with van der Waals surface area (Å²) in [6.07, 6.45) is 0. The molecule has 3 aromatic rings. The van der Waals surface area contributed by atoms with Crippen molar-refractivity contribution in [3.05, 3.63) is 70.4 Å². The minimum absolute atomic E-state index is 0.219. The summed E-state index contributed by atoms with van der Waals surface area (Å²) in [4.78, 5) is 0. The summed E-state index contributed by atoms with van der Waals surface area (Å²) >= 11 is 1.69. The van der Waals surface area contributed by atoms with Crippen molar-refractivity contribution in [2.45, 2.75) is 13.0 Å². The summed E-state index contributed by atoms with van der Waals surface area (Å²) in [5.41, 5.74) is 9.34. The molecule has 0 spiro atoms. The van der Waals surface area contributed by atoms with Crippen LogP contribution in [0.5, 0.6) is 0 Å². The number of hydrogen-bond acceptors (Lipinski definition) is 2. The van der Waals surface area contributed by atoms with Gasteiger partial charge in [0, 0.05) is 4.70 Å². The van der Waals surface area contributed by atoms with E-state index in [0.29, 0.717) is 0 Å². The molecule has 3 heteroatoms. The van der Waals surface area contributed by atoms with E-state index in [1.165, 1.54) is 22.2 Å². The van der Waals surface area contributed by atoms with Crippen molar-refractivity contribution in [3.63, 3.8) is 0 Å². The third-order valence-electron chi connectivity index (χ3n) is 3.41. The third kappa shape index (κ3) is 2.15. The number of thiophene rings is 1. The summed E-state index contributed by atoms with van der Waals surface area (Å²) in [5, 5.41) is 3.27. The predicted octanol–water partition coefficient (Wildman–Crippen LogP) is 4.40. The Balaban J connectivity index is 2.13. The average Bonchev–Trinajstić information content (AvgIpc) is 2.86. The van der Waals surface area contributed by atoms with Gasteiger partial charge in [-0.2, -0.15) is 0 Å². The lowest BCUT2D eigenvalue weighted by atomic mass is 9.95. The molecule has 0 amide bonds. The fraction of sp³-hybridized carbons (Fsp3) is 0.125. The van der Waals surface area contributed by atoms with Gasteiger partial charge in [-0.3, -0.25) is 0 Å². The van der Waals surface area contributed by atoms with E-state index >= 15 is 0 Å². The summed E-state index contributed by atoms with van der Waals surface area (Å²) in [7, 11) is 0. The van der Waals surface area contributed by atoms with Gasteiger partial charge >= 0.3 is 0 Å². The van der Waals surface area contributed by atoms with E-state index in [0.717, 1.165) is 16.7 Å². The van der Waals surface area contributed by atoms with Crippen molar-refractivity contribution in [1.82, 2.24) is 0 Å². The van der Waals surface area contributed by atoms with Gasteiger partial charge in [0.05, 0.1) is 6.04 Å². The molecule has 1 atom stereocenters. The number of fused-ring (bicyclic) bond motifs is 1. The van der Waals surface area contributed by atoms with Gasteiger partial charge in [0.2, 0.25) is 0 Å². The van der Waals surface area contributed by atoms with E-state index in [4.69, 9.17) is 5.73 Å². The fourth-order valence-corrected chi connectivity index (χ4v) is 3.37.